The van der Waals surface area contributed by atoms with Crippen molar-refractivity contribution in [3.8, 4) is 5.75 Å². The molecule has 11 heteroatoms. The predicted molar refractivity (Wildman–Crippen MR) is 157 cm³/mol. The number of ether oxygens (including phenoxy) is 3. The zero-order chi connectivity index (χ0) is 28.9. The Kier molecular flexibility index (Phi) is 9.38. The average molecular weight is 597 g/mol. The van der Waals surface area contributed by atoms with E-state index in [1.165, 1.54) is 5.56 Å². The highest BCUT2D eigenvalue weighted by Gasteiger charge is 2.39. The summed E-state index contributed by atoms with van der Waals surface area (Å²) in [5.41, 5.74) is 1.67. The lowest BCUT2D eigenvalue weighted by atomic mass is 9.94. The van der Waals surface area contributed by atoms with Crippen molar-refractivity contribution >= 4 is 29.1 Å². The number of nitrogens with zero attached hydrogens (tertiary/aromatic N) is 2. The molecule has 2 aromatic rings. The molecule has 0 aliphatic carbocycles. The maximum Gasteiger partial charge on any atom is 0.258 e. The molecule has 42 heavy (non-hydrogen) atoms. The van der Waals surface area contributed by atoms with Crippen LogP contribution in [0.15, 0.2) is 41.1 Å². The van der Waals surface area contributed by atoms with Crippen LogP contribution in [-0.2, 0) is 25.6 Å². The Bertz CT molecular complexity index is 1240. The smallest absolute Gasteiger partial charge is 0.258 e. The summed E-state index contributed by atoms with van der Waals surface area (Å²) in [5, 5.41) is 10.5. The van der Waals surface area contributed by atoms with Gasteiger partial charge in [-0.3, -0.25) is 19.3 Å². The number of para-hydroxylation sites is 1. The highest BCUT2D eigenvalue weighted by atomic mass is 32.1. The molecule has 10 nitrogen and oxygen atoms in total. The number of fused-ring (bicyclic) bond motifs is 4. The Morgan fingerprint density at radius 3 is 2.71 bits per heavy atom. The van der Waals surface area contributed by atoms with Crippen molar-refractivity contribution in [2.24, 2.45) is 5.92 Å². The zero-order valence-corrected chi connectivity index (χ0v) is 24.7. The molecule has 5 heterocycles. The zero-order valence-electron chi connectivity index (χ0n) is 23.9. The van der Waals surface area contributed by atoms with Gasteiger partial charge in [-0.15, -0.1) is 0 Å². The first-order chi connectivity index (χ1) is 20.5. The van der Waals surface area contributed by atoms with Crippen molar-refractivity contribution < 1.29 is 28.6 Å². The van der Waals surface area contributed by atoms with Gasteiger partial charge in [-0.2, -0.15) is 11.3 Å². The van der Waals surface area contributed by atoms with E-state index in [4.69, 9.17) is 14.2 Å². The molecule has 1 aromatic heterocycles. The van der Waals surface area contributed by atoms with Gasteiger partial charge in [0.2, 0.25) is 11.8 Å². The fourth-order valence-electron chi connectivity index (χ4n) is 6.42. The molecule has 3 saturated heterocycles. The number of nitrogens with one attached hydrogen (secondary N) is 2. The highest BCUT2D eigenvalue weighted by Crippen LogP contribution is 2.27. The van der Waals surface area contributed by atoms with Crippen LogP contribution in [0.5, 0.6) is 5.75 Å². The molecular weight excluding hydrogens is 556 g/mol. The summed E-state index contributed by atoms with van der Waals surface area (Å²) in [7, 11) is 0. The summed E-state index contributed by atoms with van der Waals surface area (Å²) >= 11 is 1.65. The molecule has 6 rings (SSSR count). The van der Waals surface area contributed by atoms with E-state index in [1.54, 1.807) is 22.3 Å². The van der Waals surface area contributed by atoms with Crippen LogP contribution < -0.4 is 15.4 Å². The molecule has 4 aliphatic rings. The Labute approximate surface area is 250 Å². The molecule has 0 unspecified atom stereocenters. The summed E-state index contributed by atoms with van der Waals surface area (Å²) in [6.07, 6.45) is 3.19. The number of benzene rings is 1. The minimum Gasteiger partial charge on any atom is -0.493 e. The Balaban J connectivity index is 1.22. The first-order valence-electron chi connectivity index (χ1n) is 15.1. The van der Waals surface area contributed by atoms with Gasteiger partial charge in [-0.25, -0.2) is 0 Å². The maximum absolute atomic E-state index is 13.9. The third-order valence-corrected chi connectivity index (χ3v) is 9.57. The standard InChI is InChI=1S/C31H40N4O6S/c36-29(22-7-13-39-14-8-22)33-25-6-5-23-9-15-40-27-4-2-1-3-24(27)31(38)35-12-11-34(18-21-10-16-42-20-21)19-26(35)30(37)32-17-28(25)41-23/h1-4,10,16,20,22-23,25-26,28H,5-9,11-15,17-19H2,(H,32,37)(H,33,36)/t23-,25+,26-,28+/m0/s1. The topological polar surface area (TPSA) is 109 Å². The first kappa shape index (κ1) is 29.1. The highest BCUT2D eigenvalue weighted by molar-refractivity contribution is 7.07. The number of piperazine rings is 1. The summed E-state index contributed by atoms with van der Waals surface area (Å²) in [6.45, 7) is 4.12. The van der Waals surface area contributed by atoms with Gasteiger partial charge in [-0.1, -0.05) is 12.1 Å². The van der Waals surface area contributed by atoms with Crippen molar-refractivity contribution in [3.05, 3.63) is 52.2 Å². The third kappa shape index (κ3) is 6.80. The second-order valence-corrected chi connectivity index (χ2v) is 12.4. The Morgan fingerprint density at radius 2 is 1.88 bits per heavy atom. The Hall–Kier alpha value is -2.99. The molecule has 226 valence electrons. The number of thiophene rings is 1. The average Bonchev–Trinajstić information content (AvgIpc) is 3.54. The lowest BCUT2D eigenvalue weighted by Crippen LogP contribution is -2.62. The lowest BCUT2D eigenvalue weighted by Gasteiger charge is -2.42. The number of amides is 3. The lowest BCUT2D eigenvalue weighted by molar-refractivity contribution is -0.134. The van der Waals surface area contributed by atoms with Crippen LogP contribution in [0.4, 0.5) is 0 Å². The van der Waals surface area contributed by atoms with E-state index >= 15 is 0 Å². The second kappa shape index (κ2) is 13.5. The van der Waals surface area contributed by atoms with Crippen LogP contribution in [0.3, 0.4) is 0 Å². The van der Waals surface area contributed by atoms with Crippen molar-refractivity contribution in [1.29, 1.82) is 0 Å². The van der Waals surface area contributed by atoms with Gasteiger partial charge in [0.1, 0.15) is 11.8 Å². The number of hydrogen-bond donors (Lipinski definition) is 2. The Morgan fingerprint density at radius 1 is 1.02 bits per heavy atom. The fraction of sp³-hybridized carbons (Fsp3) is 0.581. The van der Waals surface area contributed by atoms with E-state index in [0.29, 0.717) is 57.2 Å². The third-order valence-electron chi connectivity index (χ3n) is 8.84. The minimum atomic E-state index is -0.671. The normalized spacial score (nSPS) is 28.0. The maximum atomic E-state index is 13.9. The SMILES string of the molecule is O=C(N[C@@H]1CC[C@H]2CCOc3ccccc3C(=O)N3CCN(Cc4ccsc4)C[C@H]3C(=O)NC[C@H]1O2)C1CCOCC1. The van der Waals surface area contributed by atoms with Crippen LogP contribution >= 0.6 is 11.3 Å². The number of carbonyl (C=O) groups excluding carboxylic acids is 3. The largest absolute Gasteiger partial charge is 0.493 e. The predicted octanol–water partition coefficient (Wildman–Crippen LogP) is 2.43. The van der Waals surface area contributed by atoms with E-state index < -0.39 is 6.04 Å². The van der Waals surface area contributed by atoms with Gasteiger partial charge in [-0.05, 0) is 60.2 Å². The molecule has 3 fully saturated rings. The van der Waals surface area contributed by atoms with Crippen molar-refractivity contribution in [3.63, 3.8) is 0 Å². The minimum absolute atomic E-state index is 0.0316. The van der Waals surface area contributed by atoms with Crippen molar-refractivity contribution in [1.82, 2.24) is 20.4 Å². The van der Waals surface area contributed by atoms with E-state index in [0.717, 1.165) is 32.2 Å². The van der Waals surface area contributed by atoms with Crippen LogP contribution in [0, 0.1) is 5.92 Å². The molecule has 1 aromatic carbocycles. The number of rotatable bonds is 4. The van der Waals surface area contributed by atoms with Crippen LogP contribution in [0.1, 0.15) is 48.0 Å². The van der Waals surface area contributed by atoms with Crippen LogP contribution in [-0.4, -0.2) is 97.8 Å². The van der Waals surface area contributed by atoms with Gasteiger partial charge >= 0.3 is 0 Å². The van der Waals surface area contributed by atoms with Gasteiger partial charge < -0.3 is 29.7 Å². The van der Waals surface area contributed by atoms with Crippen molar-refractivity contribution in [2.45, 2.75) is 62.9 Å². The van der Waals surface area contributed by atoms with Gasteiger partial charge in [0.05, 0.1) is 30.4 Å². The number of hydrogen-bond acceptors (Lipinski definition) is 8. The molecule has 0 saturated carbocycles. The van der Waals surface area contributed by atoms with Gasteiger partial charge in [0.15, 0.2) is 0 Å². The summed E-state index contributed by atoms with van der Waals surface area (Å²) in [4.78, 5) is 44.7. The number of carbonyl (C=O) groups is 3. The van der Waals surface area contributed by atoms with E-state index in [-0.39, 0.29) is 48.4 Å². The second-order valence-electron chi connectivity index (χ2n) is 11.6. The fourth-order valence-corrected chi connectivity index (χ4v) is 7.08. The molecule has 4 aliphatic heterocycles. The monoisotopic (exact) mass is 596 g/mol. The molecule has 3 amide bonds. The molecular formula is C31H40N4O6S. The summed E-state index contributed by atoms with van der Waals surface area (Å²) in [5.74, 6) is 0.0803. The first-order valence-corrected chi connectivity index (χ1v) is 16.1. The molecule has 2 N–H and O–H groups in total. The molecule has 0 radical (unpaired) electrons. The van der Waals surface area contributed by atoms with E-state index in [2.05, 4.69) is 32.4 Å². The summed E-state index contributed by atoms with van der Waals surface area (Å²) in [6, 6.07) is 8.49. The van der Waals surface area contributed by atoms with Gasteiger partial charge in [0, 0.05) is 58.3 Å². The van der Waals surface area contributed by atoms with Crippen LogP contribution in [0.2, 0.25) is 0 Å². The summed E-state index contributed by atoms with van der Waals surface area (Å²) < 4.78 is 18.1. The molecule has 4 atom stereocenters. The van der Waals surface area contributed by atoms with Crippen molar-refractivity contribution in [2.75, 3.05) is 46.0 Å². The van der Waals surface area contributed by atoms with Crippen LogP contribution in [0.25, 0.3) is 0 Å². The van der Waals surface area contributed by atoms with Gasteiger partial charge in [0.25, 0.3) is 5.91 Å². The van der Waals surface area contributed by atoms with E-state index in [9.17, 15) is 14.4 Å². The quantitative estimate of drug-likeness (QED) is 0.558. The van der Waals surface area contributed by atoms with E-state index in [1.807, 2.05) is 18.2 Å². The molecule has 0 spiro atoms. The molecule has 2 bridgehead atoms.